The van der Waals surface area contributed by atoms with Gasteiger partial charge in [0.1, 0.15) is 5.78 Å². The second-order valence-corrected chi connectivity index (χ2v) is 11.7. The van der Waals surface area contributed by atoms with E-state index in [0.29, 0.717) is 24.3 Å². The zero-order valence-electron chi connectivity index (χ0n) is 21.1. The lowest BCUT2D eigenvalue weighted by molar-refractivity contribution is -0.139. The number of halogens is 9. The van der Waals surface area contributed by atoms with E-state index in [0.717, 1.165) is 30.3 Å². The number of carbonyl (C=O) groups excluding carboxylic acids is 2. The Bertz CT molecular complexity index is 1270. The van der Waals surface area contributed by atoms with Gasteiger partial charge in [-0.15, -0.1) is 0 Å². The molecule has 2 unspecified atom stereocenters. The molecule has 0 aliphatic rings. The molecule has 0 saturated carbocycles. The van der Waals surface area contributed by atoms with Crippen LogP contribution in [0.3, 0.4) is 0 Å². The van der Waals surface area contributed by atoms with E-state index in [-0.39, 0.29) is 44.8 Å². The van der Waals surface area contributed by atoms with Gasteiger partial charge in [-0.2, -0.15) is 26.3 Å². The van der Waals surface area contributed by atoms with E-state index < -0.39 is 52.1 Å². The largest absolute Gasteiger partial charge is 0.417 e. The zero-order valence-corrected chi connectivity index (χ0v) is 24.1. The van der Waals surface area contributed by atoms with E-state index in [4.69, 9.17) is 34.8 Å². The topological polar surface area (TPSA) is 63.2 Å². The minimum absolute atomic E-state index is 0.113. The third-order valence-corrected chi connectivity index (χ3v) is 7.65. The van der Waals surface area contributed by atoms with Crippen LogP contribution in [-0.2, 0) is 21.8 Å². The number of allylic oxidation sites excluding steroid dienone is 1. The second-order valence-electron chi connectivity index (χ2n) is 8.98. The normalized spacial score (nSPS) is 14.7. The van der Waals surface area contributed by atoms with Crippen molar-refractivity contribution in [2.45, 2.75) is 50.5 Å². The molecule has 3 atom stereocenters. The summed E-state index contributed by atoms with van der Waals surface area (Å²) in [5.74, 6) is -3.30. The third-order valence-electron chi connectivity index (χ3n) is 5.59. The van der Waals surface area contributed by atoms with Crippen molar-refractivity contribution in [3.8, 4) is 0 Å². The molecule has 0 bridgehead atoms. The fourth-order valence-corrected chi connectivity index (χ4v) is 4.90. The van der Waals surface area contributed by atoms with E-state index in [1.54, 1.807) is 0 Å². The minimum atomic E-state index is -5.01. The third kappa shape index (κ3) is 10.1. The van der Waals surface area contributed by atoms with Gasteiger partial charge in [0.05, 0.1) is 32.1 Å². The van der Waals surface area contributed by atoms with Crippen molar-refractivity contribution in [3.05, 3.63) is 73.7 Å². The van der Waals surface area contributed by atoms with E-state index in [1.165, 1.54) is 13.2 Å². The highest BCUT2D eigenvalue weighted by Gasteiger charge is 2.40. The number of hydrogen-bond acceptors (Lipinski definition) is 3. The first-order chi connectivity index (χ1) is 18.4. The van der Waals surface area contributed by atoms with Crippen molar-refractivity contribution in [1.82, 2.24) is 5.32 Å². The number of amides is 1. The Labute approximate surface area is 244 Å². The predicted octanol–water partition coefficient (Wildman–Crippen LogP) is 8.26. The summed E-state index contributed by atoms with van der Waals surface area (Å²) in [5.41, 5.74) is -2.74. The van der Waals surface area contributed by atoms with Crippen LogP contribution in [0.4, 0.5) is 26.3 Å². The lowest BCUT2D eigenvalue weighted by atomic mass is 9.96. The summed E-state index contributed by atoms with van der Waals surface area (Å²) in [4.78, 5) is 24.7. The van der Waals surface area contributed by atoms with Crippen molar-refractivity contribution in [2.24, 2.45) is 0 Å². The SMILES string of the molecule is C[C@H](CC(=O)CCCS(C)=O)NC(=O)c1ccc(/C=C/C(c2cc(Cl)c(Cl)c(Cl)c2)C(F)(F)F)cc1C(F)(F)F. The van der Waals surface area contributed by atoms with Crippen LogP contribution in [-0.4, -0.2) is 40.1 Å². The van der Waals surface area contributed by atoms with Crippen LogP contribution in [0.5, 0.6) is 0 Å². The minimum Gasteiger partial charge on any atom is -0.349 e. The van der Waals surface area contributed by atoms with Crippen LogP contribution >= 0.6 is 34.8 Å². The molecule has 1 N–H and O–H groups in total. The fraction of sp³-hybridized carbons (Fsp3) is 0.385. The van der Waals surface area contributed by atoms with Gasteiger partial charge < -0.3 is 5.32 Å². The molecule has 0 saturated heterocycles. The summed E-state index contributed by atoms with van der Waals surface area (Å²) in [6, 6.07) is 3.60. The van der Waals surface area contributed by atoms with Crippen molar-refractivity contribution < 1.29 is 40.1 Å². The van der Waals surface area contributed by atoms with E-state index >= 15 is 0 Å². The first kappa shape index (κ1) is 34.1. The molecule has 0 heterocycles. The first-order valence-corrected chi connectivity index (χ1v) is 14.5. The molecule has 0 aliphatic heterocycles. The second kappa shape index (κ2) is 14.2. The highest BCUT2D eigenvalue weighted by Crippen LogP contribution is 2.41. The monoisotopic (exact) mass is 649 g/mol. The van der Waals surface area contributed by atoms with Gasteiger partial charge in [-0.25, -0.2) is 0 Å². The maximum Gasteiger partial charge on any atom is 0.417 e. The Morgan fingerprint density at radius 3 is 2.15 bits per heavy atom. The number of hydrogen-bond donors (Lipinski definition) is 1. The number of carbonyl (C=O) groups is 2. The highest BCUT2D eigenvalue weighted by molar-refractivity contribution is 7.84. The van der Waals surface area contributed by atoms with Gasteiger partial charge in [0.25, 0.3) is 5.91 Å². The Morgan fingerprint density at radius 2 is 1.62 bits per heavy atom. The van der Waals surface area contributed by atoms with Crippen molar-refractivity contribution in [3.63, 3.8) is 0 Å². The van der Waals surface area contributed by atoms with E-state index in [9.17, 15) is 40.1 Å². The molecule has 40 heavy (non-hydrogen) atoms. The molecule has 0 fully saturated rings. The Kier molecular flexibility index (Phi) is 12.1. The van der Waals surface area contributed by atoms with Crippen LogP contribution in [0.15, 0.2) is 36.4 Å². The molecule has 0 radical (unpaired) electrons. The van der Waals surface area contributed by atoms with E-state index in [1.807, 2.05) is 0 Å². The molecule has 220 valence electrons. The molecule has 2 rings (SSSR count). The number of alkyl halides is 6. The molecule has 1 amide bonds. The van der Waals surface area contributed by atoms with Gasteiger partial charge in [0.2, 0.25) is 0 Å². The highest BCUT2D eigenvalue weighted by atomic mass is 35.5. The van der Waals surface area contributed by atoms with Crippen LogP contribution < -0.4 is 5.32 Å². The fourth-order valence-electron chi connectivity index (χ4n) is 3.74. The first-order valence-electron chi connectivity index (χ1n) is 11.6. The van der Waals surface area contributed by atoms with E-state index in [2.05, 4.69) is 5.32 Å². The summed E-state index contributed by atoms with van der Waals surface area (Å²) in [7, 11) is -1.07. The van der Waals surface area contributed by atoms with Gasteiger partial charge in [0.15, 0.2) is 0 Å². The summed E-state index contributed by atoms with van der Waals surface area (Å²) < 4.78 is 93.9. The smallest absolute Gasteiger partial charge is 0.349 e. The van der Waals surface area contributed by atoms with Crippen molar-refractivity contribution in [2.75, 3.05) is 12.0 Å². The molecular weight excluding hydrogens is 627 g/mol. The number of rotatable bonds is 11. The van der Waals surface area contributed by atoms with Gasteiger partial charge in [0, 0.05) is 41.7 Å². The van der Waals surface area contributed by atoms with Gasteiger partial charge in [-0.05, 0) is 48.7 Å². The summed E-state index contributed by atoms with van der Waals surface area (Å²) in [5, 5.41) is 1.74. The van der Waals surface area contributed by atoms with Crippen LogP contribution in [0, 0.1) is 0 Å². The summed E-state index contributed by atoms with van der Waals surface area (Å²) >= 11 is 17.5. The number of ketones is 1. The molecule has 2 aromatic carbocycles. The standard InChI is InChI=1S/C26H24Cl3F6NO3S/c1-14(10-17(37)4-3-9-40(2)39)36-24(38)18-7-5-15(11-20(18)26(33,34)35)6-8-19(25(30,31)32)16-12-21(27)23(29)22(28)13-16/h5-8,11-14,19H,3-4,9-10H2,1-2H3,(H,36,38)/b8-6+/t14-,19?,40?/m1/s1. The quantitative estimate of drug-likeness (QED) is 0.197. The Balaban J connectivity index is 2.29. The molecule has 0 spiro atoms. The average molecular weight is 651 g/mol. The van der Waals surface area contributed by atoms with Gasteiger partial charge in [-0.3, -0.25) is 13.8 Å². The maximum atomic E-state index is 13.8. The maximum absolute atomic E-state index is 13.8. The molecule has 14 heteroatoms. The summed E-state index contributed by atoms with van der Waals surface area (Å²) in [6.45, 7) is 1.45. The lowest BCUT2D eigenvalue weighted by Crippen LogP contribution is -2.35. The van der Waals surface area contributed by atoms with Crippen LogP contribution in [0.1, 0.15) is 59.2 Å². The van der Waals surface area contributed by atoms with Crippen molar-refractivity contribution in [1.29, 1.82) is 0 Å². The average Bonchev–Trinajstić information content (AvgIpc) is 2.80. The zero-order chi connectivity index (χ0) is 30.4. The number of Topliss-reactive ketones (excluding diaryl/α,β-unsaturated/α-hetero) is 1. The molecular formula is C26H24Cl3F6NO3S. The Morgan fingerprint density at radius 1 is 1.02 bits per heavy atom. The molecule has 4 nitrogen and oxygen atoms in total. The Hall–Kier alpha value is -2.08. The predicted molar refractivity (Wildman–Crippen MR) is 145 cm³/mol. The number of benzene rings is 2. The molecule has 0 aliphatic carbocycles. The van der Waals surface area contributed by atoms with Crippen LogP contribution in [0.25, 0.3) is 6.08 Å². The molecule has 0 aromatic heterocycles. The van der Waals surface area contributed by atoms with Gasteiger partial charge >= 0.3 is 12.4 Å². The lowest BCUT2D eigenvalue weighted by Gasteiger charge is -2.19. The number of nitrogens with one attached hydrogen (secondary N) is 1. The molecule has 2 aromatic rings. The van der Waals surface area contributed by atoms with Crippen molar-refractivity contribution >= 4 is 63.4 Å². The summed E-state index contributed by atoms with van der Waals surface area (Å²) in [6.07, 6.45) is -6.51. The van der Waals surface area contributed by atoms with Crippen LogP contribution in [0.2, 0.25) is 15.1 Å². The van der Waals surface area contributed by atoms with Gasteiger partial charge in [-0.1, -0.05) is 53.0 Å².